The Bertz CT molecular complexity index is 1080. The van der Waals surface area contributed by atoms with E-state index < -0.39 is 0 Å². The minimum Gasteiger partial charge on any atom is -0.488 e. The van der Waals surface area contributed by atoms with Gasteiger partial charge in [-0.25, -0.2) is 0 Å². The number of hydrogen-bond acceptors (Lipinski definition) is 4. The van der Waals surface area contributed by atoms with Crippen molar-refractivity contribution in [2.24, 2.45) is 0 Å². The lowest BCUT2D eigenvalue weighted by Crippen LogP contribution is -2.48. The molecule has 2 aliphatic heterocycles. The Morgan fingerprint density at radius 1 is 1.00 bits per heavy atom. The van der Waals surface area contributed by atoms with Crippen molar-refractivity contribution in [2.45, 2.75) is 20.5 Å². The Labute approximate surface area is 175 Å². The van der Waals surface area contributed by atoms with Crippen LogP contribution < -0.4 is 9.64 Å². The fourth-order valence-electron chi connectivity index (χ4n) is 4.19. The molecule has 3 aromatic rings. The third kappa shape index (κ3) is 3.19. The van der Waals surface area contributed by atoms with Crippen LogP contribution in [-0.2, 0) is 6.61 Å². The zero-order valence-corrected chi connectivity index (χ0v) is 17.6. The second-order valence-electron chi connectivity index (χ2n) is 7.75. The smallest absolute Gasteiger partial charge is 0.264 e. The van der Waals surface area contributed by atoms with Gasteiger partial charge in [-0.2, -0.15) is 0 Å². The number of carbonyl (C=O) groups excluding carboxylic acids is 1. The topological polar surface area (TPSA) is 32.8 Å². The Hall–Kier alpha value is -2.79. The van der Waals surface area contributed by atoms with E-state index in [0.29, 0.717) is 6.61 Å². The van der Waals surface area contributed by atoms with E-state index in [1.807, 2.05) is 29.2 Å². The van der Waals surface area contributed by atoms with Gasteiger partial charge in [0.15, 0.2) is 0 Å². The van der Waals surface area contributed by atoms with E-state index in [1.54, 1.807) is 11.3 Å². The Balaban J connectivity index is 1.32. The number of aryl methyl sites for hydroxylation is 1. The van der Waals surface area contributed by atoms with E-state index in [2.05, 4.69) is 43.0 Å². The number of piperazine rings is 1. The van der Waals surface area contributed by atoms with Crippen LogP contribution in [0.5, 0.6) is 5.75 Å². The molecule has 0 bridgehead atoms. The highest BCUT2D eigenvalue weighted by Gasteiger charge is 2.27. The van der Waals surface area contributed by atoms with E-state index in [4.69, 9.17) is 4.74 Å². The van der Waals surface area contributed by atoms with Crippen LogP contribution in [0, 0.1) is 13.8 Å². The molecule has 1 aromatic heterocycles. The van der Waals surface area contributed by atoms with Gasteiger partial charge >= 0.3 is 0 Å². The number of carbonyl (C=O) groups is 1. The maximum atomic E-state index is 13.2. The van der Waals surface area contributed by atoms with Crippen molar-refractivity contribution in [3.63, 3.8) is 0 Å². The molecular formula is C24H24N2O2S. The fraction of sp³-hybridized carbons (Fsp3) is 0.292. The summed E-state index contributed by atoms with van der Waals surface area (Å²) in [7, 11) is 0. The summed E-state index contributed by atoms with van der Waals surface area (Å²) >= 11 is 1.60. The van der Waals surface area contributed by atoms with Crippen LogP contribution >= 0.6 is 11.3 Å². The fourth-order valence-corrected chi connectivity index (χ4v) is 5.35. The van der Waals surface area contributed by atoms with Gasteiger partial charge in [0, 0.05) is 47.9 Å². The molecule has 2 aliphatic rings. The van der Waals surface area contributed by atoms with Gasteiger partial charge in [0.1, 0.15) is 12.4 Å². The quantitative estimate of drug-likeness (QED) is 0.610. The van der Waals surface area contributed by atoms with Gasteiger partial charge in [-0.05, 0) is 49.2 Å². The van der Waals surface area contributed by atoms with Crippen molar-refractivity contribution < 1.29 is 9.53 Å². The third-order valence-electron chi connectivity index (χ3n) is 6.02. The first-order valence-electron chi connectivity index (χ1n) is 10.1. The SMILES string of the molecule is Cc1cccc(N2CCN(C(=O)c3cc4c(s3)-c3ccccc3OC4)CC2)c1C. The standard InChI is InChI=1S/C24H24N2O2S/c1-16-6-5-8-20(17(16)2)25-10-12-26(13-11-25)24(27)22-14-18-15-28-21-9-4-3-7-19(21)23(18)29-22/h3-9,14H,10-13,15H2,1-2H3. The number of fused-ring (bicyclic) bond motifs is 3. The van der Waals surface area contributed by atoms with E-state index in [9.17, 15) is 4.79 Å². The zero-order chi connectivity index (χ0) is 20.0. The van der Waals surface area contributed by atoms with E-state index >= 15 is 0 Å². The second-order valence-corrected chi connectivity index (χ2v) is 8.80. The molecule has 1 saturated heterocycles. The summed E-state index contributed by atoms with van der Waals surface area (Å²) in [4.78, 5) is 19.5. The molecular weight excluding hydrogens is 380 g/mol. The molecule has 3 heterocycles. The van der Waals surface area contributed by atoms with Gasteiger partial charge in [-0.3, -0.25) is 4.79 Å². The van der Waals surface area contributed by atoms with Crippen molar-refractivity contribution in [1.29, 1.82) is 0 Å². The maximum absolute atomic E-state index is 13.2. The van der Waals surface area contributed by atoms with Crippen molar-refractivity contribution in [2.75, 3.05) is 31.1 Å². The highest BCUT2D eigenvalue weighted by molar-refractivity contribution is 7.17. The summed E-state index contributed by atoms with van der Waals surface area (Å²) in [6, 6.07) is 16.5. The Morgan fingerprint density at radius 2 is 1.79 bits per heavy atom. The van der Waals surface area contributed by atoms with Gasteiger partial charge in [-0.15, -0.1) is 11.3 Å². The van der Waals surface area contributed by atoms with Gasteiger partial charge < -0.3 is 14.5 Å². The Morgan fingerprint density at radius 3 is 2.62 bits per heavy atom. The number of para-hydroxylation sites is 1. The van der Waals surface area contributed by atoms with Crippen LogP contribution in [0.1, 0.15) is 26.4 Å². The summed E-state index contributed by atoms with van der Waals surface area (Å²) in [5.41, 5.74) is 6.14. The van der Waals surface area contributed by atoms with Crippen molar-refractivity contribution >= 4 is 22.9 Å². The van der Waals surface area contributed by atoms with E-state index in [-0.39, 0.29) is 5.91 Å². The molecule has 148 valence electrons. The number of nitrogens with zero attached hydrogens (tertiary/aromatic N) is 2. The lowest BCUT2D eigenvalue weighted by atomic mass is 10.1. The number of anilines is 1. The number of ether oxygens (including phenoxy) is 1. The molecule has 5 heteroatoms. The lowest BCUT2D eigenvalue weighted by molar-refractivity contribution is 0.0751. The summed E-state index contributed by atoms with van der Waals surface area (Å²) in [6.07, 6.45) is 0. The lowest BCUT2D eigenvalue weighted by Gasteiger charge is -2.36. The number of thiophene rings is 1. The molecule has 1 amide bonds. The van der Waals surface area contributed by atoms with E-state index in [0.717, 1.165) is 47.9 Å². The summed E-state index contributed by atoms with van der Waals surface area (Å²) in [6.45, 7) is 8.11. The number of amides is 1. The molecule has 5 rings (SSSR count). The summed E-state index contributed by atoms with van der Waals surface area (Å²) in [5.74, 6) is 1.05. The van der Waals surface area contributed by atoms with Gasteiger partial charge in [-0.1, -0.05) is 24.3 Å². The van der Waals surface area contributed by atoms with Crippen molar-refractivity contribution in [3.8, 4) is 16.2 Å². The van der Waals surface area contributed by atoms with Crippen LogP contribution in [0.2, 0.25) is 0 Å². The van der Waals surface area contributed by atoms with Gasteiger partial charge in [0.25, 0.3) is 5.91 Å². The predicted molar refractivity (Wildman–Crippen MR) is 118 cm³/mol. The van der Waals surface area contributed by atoms with Crippen molar-refractivity contribution in [1.82, 2.24) is 4.90 Å². The van der Waals surface area contributed by atoms with Gasteiger partial charge in [0.05, 0.1) is 4.88 Å². The van der Waals surface area contributed by atoms with Gasteiger partial charge in [0.2, 0.25) is 0 Å². The van der Waals surface area contributed by atoms with E-state index in [1.165, 1.54) is 21.7 Å². The first kappa shape index (κ1) is 18.3. The van der Waals surface area contributed by atoms with Crippen molar-refractivity contribution in [3.05, 3.63) is 70.1 Å². The molecule has 2 aromatic carbocycles. The molecule has 0 atom stereocenters. The highest BCUT2D eigenvalue weighted by atomic mass is 32.1. The zero-order valence-electron chi connectivity index (χ0n) is 16.8. The predicted octanol–water partition coefficient (Wildman–Crippen LogP) is 4.89. The third-order valence-corrected chi connectivity index (χ3v) is 7.22. The summed E-state index contributed by atoms with van der Waals surface area (Å²) < 4.78 is 5.85. The monoisotopic (exact) mass is 404 g/mol. The minimum atomic E-state index is 0.141. The maximum Gasteiger partial charge on any atom is 0.264 e. The molecule has 0 saturated carbocycles. The average Bonchev–Trinajstić information content (AvgIpc) is 3.20. The Kier molecular flexibility index (Phi) is 4.55. The average molecular weight is 405 g/mol. The van der Waals surface area contributed by atoms with Crippen LogP contribution in [0.4, 0.5) is 5.69 Å². The molecule has 1 fully saturated rings. The normalized spacial score (nSPS) is 15.5. The molecule has 0 radical (unpaired) electrons. The molecule has 0 spiro atoms. The first-order chi connectivity index (χ1) is 14.1. The minimum absolute atomic E-state index is 0.141. The van der Waals surface area contributed by atoms with Crippen LogP contribution in [-0.4, -0.2) is 37.0 Å². The molecule has 0 N–H and O–H groups in total. The second kappa shape index (κ2) is 7.23. The largest absolute Gasteiger partial charge is 0.488 e. The number of benzene rings is 2. The molecule has 0 unspecified atom stereocenters. The highest BCUT2D eigenvalue weighted by Crippen LogP contribution is 2.42. The van der Waals surface area contributed by atoms with Crippen LogP contribution in [0.3, 0.4) is 0 Å². The van der Waals surface area contributed by atoms with Crippen LogP contribution in [0.15, 0.2) is 48.5 Å². The molecule has 0 aliphatic carbocycles. The molecule has 4 nitrogen and oxygen atoms in total. The number of rotatable bonds is 2. The molecule has 29 heavy (non-hydrogen) atoms. The first-order valence-corrected chi connectivity index (χ1v) is 10.9. The number of hydrogen-bond donors (Lipinski definition) is 0. The van der Waals surface area contributed by atoms with Crippen LogP contribution in [0.25, 0.3) is 10.4 Å². The summed E-state index contributed by atoms with van der Waals surface area (Å²) in [5, 5.41) is 0.